The maximum Gasteiger partial charge on any atom is 0.264 e. The number of rotatable bonds is 12. The first-order valence-corrected chi connectivity index (χ1v) is 14.1. The molecule has 0 unspecified atom stereocenters. The molecular formula is C28H32ClN3O5S. The molecule has 3 aromatic rings. The summed E-state index contributed by atoms with van der Waals surface area (Å²) in [7, 11) is -2.62. The van der Waals surface area contributed by atoms with Gasteiger partial charge >= 0.3 is 0 Å². The molecule has 0 heterocycles. The molecule has 1 N–H and O–H groups in total. The Labute approximate surface area is 229 Å². The zero-order chi connectivity index (χ0) is 27.7. The lowest BCUT2D eigenvalue weighted by atomic mass is 10.1. The van der Waals surface area contributed by atoms with Gasteiger partial charge in [-0.25, -0.2) is 8.42 Å². The molecule has 10 heteroatoms. The van der Waals surface area contributed by atoms with E-state index in [1.54, 1.807) is 73.7 Å². The molecule has 0 aromatic heterocycles. The number of hydrogen-bond acceptors (Lipinski definition) is 5. The summed E-state index contributed by atoms with van der Waals surface area (Å²) < 4.78 is 34.1. The summed E-state index contributed by atoms with van der Waals surface area (Å²) in [5, 5.41) is 3.15. The van der Waals surface area contributed by atoms with Crippen molar-refractivity contribution in [1.82, 2.24) is 10.2 Å². The van der Waals surface area contributed by atoms with Gasteiger partial charge in [0.05, 0.1) is 17.2 Å². The third-order valence-electron chi connectivity index (χ3n) is 5.94. The summed E-state index contributed by atoms with van der Waals surface area (Å²) >= 11 is 6.02. The molecule has 0 radical (unpaired) electrons. The summed E-state index contributed by atoms with van der Waals surface area (Å²) in [6.07, 6.45) is 0.341. The van der Waals surface area contributed by atoms with Gasteiger partial charge in [-0.3, -0.25) is 13.9 Å². The number of sulfonamides is 1. The summed E-state index contributed by atoms with van der Waals surface area (Å²) in [5.41, 5.74) is 1.05. The summed E-state index contributed by atoms with van der Waals surface area (Å²) in [4.78, 5) is 28.0. The van der Waals surface area contributed by atoms with Crippen LogP contribution >= 0.6 is 11.6 Å². The summed E-state index contributed by atoms with van der Waals surface area (Å²) in [5.74, 6) is -0.285. The fourth-order valence-corrected chi connectivity index (χ4v) is 5.56. The van der Waals surface area contributed by atoms with E-state index in [4.69, 9.17) is 16.3 Å². The number of nitrogens with one attached hydrogen (secondary N) is 1. The van der Waals surface area contributed by atoms with Crippen LogP contribution in [0.3, 0.4) is 0 Å². The quantitative estimate of drug-likeness (QED) is 0.354. The van der Waals surface area contributed by atoms with Crippen molar-refractivity contribution in [2.45, 2.75) is 37.8 Å². The Kier molecular flexibility index (Phi) is 10.2. The molecule has 0 aliphatic heterocycles. The number of anilines is 1. The molecule has 202 valence electrons. The van der Waals surface area contributed by atoms with E-state index in [0.717, 1.165) is 9.87 Å². The van der Waals surface area contributed by atoms with Gasteiger partial charge in [-0.15, -0.1) is 0 Å². The number of likely N-dealkylation sites (N-methyl/N-ethyl adjacent to an activating group) is 1. The van der Waals surface area contributed by atoms with Crippen molar-refractivity contribution >= 4 is 39.1 Å². The van der Waals surface area contributed by atoms with Gasteiger partial charge in [-0.1, -0.05) is 48.9 Å². The highest BCUT2D eigenvalue weighted by atomic mass is 35.5. The Morgan fingerprint density at radius 2 is 1.58 bits per heavy atom. The van der Waals surface area contributed by atoms with Crippen LogP contribution in [0.25, 0.3) is 0 Å². The lowest BCUT2D eigenvalue weighted by molar-refractivity contribution is -0.140. The standard InChI is InChI=1S/C28H32ClN3O5S/c1-4-26(28(34)30-3)31(19-21-11-13-22(29)14-12-21)27(33)20-32(23-15-17-24(18-16-23)37-5-2)38(35,36)25-9-7-6-8-10-25/h6-18,26H,4-5,19-20H2,1-3H3,(H,30,34)/t26-/m0/s1. The largest absolute Gasteiger partial charge is 0.494 e. The number of nitrogens with zero attached hydrogens (tertiary/aromatic N) is 2. The second kappa shape index (κ2) is 13.3. The topological polar surface area (TPSA) is 96.0 Å². The Bertz CT molecular complexity index is 1320. The van der Waals surface area contributed by atoms with Gasteiger partial charge in [0.2, 0.25) is 11.8 Å². The number of carbonyl (C=O) groups excluding carboxylic acids is 2. The monoisotopic (exact) mass is 557 g/mol. The molecule has 0 saturated heterocycles. The fraction of sp³-hybridized carbons (Fsp3) is 0.286. The van der Waals surface area contributed by atoms with E-state index in [1.807, 2.05) is 6.92 Å². The summed E-state index contributed by atoms with van der Waals surface area (Å²) in [6.45, 7) is 3.70. The smallest absolute Gasteiger partial charge is 0.264 e. The van der Waals surface area contributed by atoms with Gasteiger partial charge in [0.1, 0.15) is 18.3 Å². The number of ether oxygens (including phenoxy) is 1. The van der Waals surface area contributed by atoms with E-state index in [0.29, 0.717) is 29.5 Å². The van der Waals surface area contributed by atoms with Crippen molar-refractivity contribution in [1.29, 1.82) is 0 Å². The molecule has 0 fully saturated rings. The third kappa shape index (κ3) is 7.05. The van der Waals surface area contributed by atoms with Gasteiger partial charge in [0.15, 0.2) is 0 Å². The van der Waals surface area contributed by atoms with Crippen LogP contribution in [0.2, 0.25) is 5.02 Å². The minimum absolute atomic E-state index is 0.0456. The summed E-state index contributed by atoms with van der Waals surface area (Å²) in [6, 6.07) is 20.6. The molecular weight excluding hydrogens is 526 g/mol. The van der Waals surface area contributed by atoms with E-state index < -0.39 is 28.5 Å². The highest BCUT2D eigenvalue weighted by Crippen LogP contribution is 2.27. The van der Waals surface area contributed by atoms with Gasteiger partial charge in [0.25, 0.3) is 10.0 Å². The van der Waals surface area contributed by atoms with Gasteiger partial charge < -0.3 is 15.0 Å². The van der Waals surface area contributed by atoms with Crippen molar-refractivity contribution in [2.24, 2.45) is 0 Å². The highest BCUT2D eigenvalue weighted by molar-refractivity contribution is 7.92. The van der Waals surface area contributed by atoms with Crippen molar-refractivity contribution in [3.8, 4) is 5.75 Å². The number of hydrogen-bond donors (Lipinski definition) is 1. The van der Waals surface area contributed by atoms with Crippen molar-refractivity contribution in [3.05, 3.63) is 89.4 Å². The molecule has 0 saturated carbocycles. The molecule has 2 amide bonds. The Hall–Kier alpha value is -3.56. The van der Waals surface area contributed by atoms with E-state index in [-0.39, 0.29) is 17.3 Å². The average Bonchev–Trinajstić information content (AvgIpc) is 2.93. The third-order valence-corrected chi connectivity index (χ3v) is 7.98. The Balaban J connectivity index is 2.03. The normalized spacial score (nSPS) is 11.9. The Morgan fingerprint density at radius 3 is 2.13 bits per heavy atom. The second-order valence-corrected chi connectivity index (χ2v) is 10.7. The zero-order valence-electron chi connectivity index (χ0n) is 21.6. The minimum atomic E-state index is -4.12. The lowest BCUT2D eigenvalue weighted by Crippen LogP contribution is -2.51. The first-order valence-electron chi connectivity index (χ1n) is 12.3. The van der Waals surface area contributed by atoms with E-state index >= 15 is 0 Å². The molecule has 8 nitrogen and oxygen atoms in total. The number of amides is 2. The molecule has 3 rings (SSSR count). The fourth-order valence-electron chi connectivity index (χ4n) is 4.00. The maximum atomic E-state index is 13.9. The van der Waals surface area contributed by atoms with Crippen LogP contribution in [0.5, 0.6) is 5.75 Å². The van der Waals surface area contributed by atoms with E-state index in [1.165, 1.54) is 24.1 Å². The molecule has 0 bridgehead atoms. The van der Waals surface area contributed by atoms with E-state index in [2.05, 4.69) is 5.32 Å². The van der Waals surface area contributed by atoms with Gasteiger partial charge in [-0.05, 0) is 67.4 Å². The first kappa shape index (κ1) is 29.0. The number of benzene rings is 3. The Morgan fingerprint density at radius 1 is 0.947 bits per heavy atom. The van der Waals surface area contributed by atoms with Crippen LogP contribution in [0.1, 0.15) is 25.8 Å². The van der Waals surface area contributed by atoms with Crippen molar-refractivity contribution in [2.75, 3.05) is 24.5 Å². The predicted octanol–water partition coefficient (Wildman–Crippen LogP) is 4.49. The van der Waals surface area contributed by atoms with Gasteiger partial charge in [-0.2, -0.15) is 0 Å². The molecule has 1 atom stereocenters. The molecule has 0 aliphatic carbocycles. The molecule has 38 heavy (non-hydrogen) atoms. The average molecular weight is 558 g/mol. The van der Waals surface area contributed by atoms with Crippen LogP contribution in [-0.4, -0.2) is 51.4 Å². The van der Waals surface area contributed by atoms with Gasteiger partial charge in [0, 0.05) is 18.6 Å². The minimum Gasteiger partial charge on any atom is -0.494 e. The predicted molar refractivity (Wildman–Crippen MR) is 149 cm³/mol. The van der Waals surface area contributed by atoms with Crippen LogP contribution in [-0.2, 0) is 26.2 Å². The van der Waals surface area contributed by atoms with Crippen LogP contribution < -0.4 is 14.4 Å². The highest BCUT2D eigenvalue weighted by Gasteiger charge is 2.33. The lowest BCUT2D eigenvalue weighted by Gasteiger charge is -2.33. The molecule has 3 aromatic carbocycles. The zero-order valence-corrected chi connectivity index (χ0v) is 23.2. The van der Waals surface area contributed by atoms with Crippen molar-refractivity contribution < 1.29 is 22.7 Å². The number of carbonyl (C=O) groups is 2. The van der Waals surface area contributed by atoms with E-state index in [9.17, 15) is 18.0 Å². The number of halogens is 1. The second-order valence-electron chi connectivity index (χ2n) is 8.44. The molecule has 0 spiro atoms. The van der Waals surface area contributed by atoms with Crippen LogP contribution in [0, 0.1) is 0 Å². The SMILES string of the molecule is CCOc1ccc(N(CC(=O)N(Cc2ccc(Cl)cc2)[C@@H](CC)C(=O)NC)S(=O)(=O)c2ccccc2)cc1. The maximum absolute atomic E-state index is 13.9. The first-order chi connectivity index (χ1) is 18.2. The van der Waals surface area contributed by atoms with Crippen LogP contribution in [0.15, 0.2) is 83.8 Å². The van der Waals surface area contributed by atoms with Crippen LogP contribution in [0.4, 0.5) is 5.69 Å². The molecule has 0 aliphatic rings. The van der Waals surface area contributed by atoms with Crippen molar-refractivity contribution in [3.63, 3.8) is 0 Å².